The van der Waals surface area contributed by atoms with Crippen LogP contribution in [0.25, 0.3) is 0 Å². The zero-order chi connectivity index (χ0) is 16.2. The summed E-state index contributed by atoms with van der Waals surface area (Å²) in [5, 5.41) is 0. The molecule has 0 aliphatic rings. The van der Waals surface area contributed by atoms with Crippen LogP contribution in [0.1, 0.15) is 25.0 Å². The minimum Gasteiger partial charge on any atom is -0.207 e. The lowest BCUT2D eigenvalue weighted by atomic mass is 10.1. The Morgan fingerprint density at radius 2 is 1.55 bits per heavy atom. The van der Waals surface area contributed by atoms with Gasteiger partial charge in [-0.15, -0.1) is 0 Å². The van der Waals surface area contributed by atoms with Crippen LogP contribution in [0.3, 0.4) is 0 Å². The van der Waals surface area contributed by atoms with Gasteiger partial charge < -0.3 is 0 Å². The Morgan fingerprint density at radius 3 is 2.14 bits per heavy atom. The lowest BCUT2D eigenvalue weighted by molar-refractivity contribution is 0.539. The molecule has 0 atom stereocenters. The molecular weight excluding hydrogens is 294 g/mol. The van der Waals surface area contributed by atoms with E-state index >= 15 is 0 Å². The van der Waals surface area contributed by atoms with Gasteiger partial charge in [0.15, 0.2) is 0 Å². The molecule has 0 unspecified atom stereocenters. The van der Waals surface area contributed by atoms with Crippen molar-refractivity contribution in [3.63, 3.8) is 0 Å². The summed E-state index contributed by atoms with van der Waals surface area (Å²) in [7, 11) is -3.59. The van der Waals surface area contributed by atoms with Gasteiger partial charge in [0.2, 0.25) is 10.0 Å². The maximum absolute atomic E-state index is 12.4. The van der Waals surface area contributed by atoms with Crippen LogP contribution in [0.5, 0.6) is 0 Å². The highest BCUT2D eigenvalue weighted by atomic mass is 32.2. The summed E-state index contributed by atoms with van der Waals surface area (Å²) in [6, 6.07) is 16.2. The molecule has 22 heavy (non-hydrogen) atoms. The SMILES string of the molecule is Cc1ccc(S(=O)(=O)NC(C)(C)C#Cc2ccccc2)cc1. The normalized spacial score (nSPS) is 11.6. The Bertz CT molecular complexity index is 796. The molecule has 0 saturated carbocycles. The van der Waals surface area contributed by atoms with Crippen LogP contribution >= 0.6 is 0 Å². The molecule has 2 aromatic rings. The van der Waals surface area contributed by atoms with Gasteiger partial charge in [-0.05, 0) is 45.0 Å². The molecule has 4 heteroatoms. The first-order valence-electron chi connectivity index (χ1n) is 6.97. The molecular formula is C18H19NO2S. The lowest BCUT2D eigenvalue weighted by Crippen LogP contribution is -2.42. The van der Waals surface area contributed by atoms with E-state index in [4.69, 9.17) is 0 Å². The van der Waals surface area contributed by atoms with Gasteiger partial charge in [-0.1, -0.05) is 47.7 Å². The van der Waals surface area contributed by atoms with Crippen molar-refractivity contribution >= 4 is 10.0 Å². The van der Waals surface area contributed by atoms with Gasteiger partial charge in [0.05, 0.1) is 10.4 Å². The summed E-state index contributed by atoms with van der Waals surface area (Å²) in [6.45, 7) is 5.41. The zero-order valence-corrected chi connectivity index (χ0v) is 13.7. The van der Waals surface area contributed by atoms with Crippen LogP contribution < -0.4 is 4.72 Å². The van der Waals surface area contributed by atoms with E-state index in [-0.39, 0.29) is 4.90 Å². The Labute approximate surface area is 132 Å². The first-order chi connectivity index (χ1) is 10.3. The van der Waals surface area contributed by atoms with E-state index in [1.807, 2.05) is 37.3 Å². The summed E-state index contributed by atoms with van der Waals surface area (Å²) in [5.41, 5.74) is 1.01. The van der Waals surface area contributed by atoms with E-state index in [2.05, 4.69) is 16.6 Å². The second-order valence-corrected chi connectivity index (χ2v) is 7.34. The van der Waals surface area contributed by atoms with Crippen LogP contribution in [-0.2, 0) is 10.0 Å². The van der Waals surface area contributed by atoms with Crippen molar-refractivity contribution in [3.8, 4) is 11.8 Å². The standard InChI is InChI=1S/C18H19NO2S/c1-15-9-11-17(12-10-15)22(20,21)19-18(2,3)14-13-16-7-5-4-6-8-16/h4-12,19H,1-3H3. The molecule has 2 rings (SSSR count). The van der Waals surface area contributed by atoms with E-state index in [0.717, 1.165) is 11.1 Å². The number of aryl methyl sites for hydroxylation is 1. The predicted octanol–water partition coefficient (Wildman–Crippen LogP) is 3.10. The number of sulfonamides is 1. The molecule has 0 saturated heterocycles. The summed E-state index contributed by atoms with van der Waals surface area (Å²) >= 11 is 0. The zero-order valence-electron chi connectivity index (χ0n) is 12.9. The molecule has 0 heterocycles. The van der Waals surface area contributed by atoms with E-state index in [9.17, 15) is 8.42 Å². The Hall–Kier alpha value is -2.09. The number of hydrogen-bond acceptors (Lipinski definition) is 2. The first-order valence-corrected chi connectivity index (χ1v) is 8.46. The van der Waals surface area contributed by atoms with E-state index < -0.39 is 15.6 Å². The van der Waals surface area contributed by atoms with Crippen LogP contribution in [-0.4, -0.2) is 14.0 Å². The topological polar surface area (TPSA) is 46.2 Å². The maximum atomic E-state index is 12.4. The monoisotopic (exact) mass is 313 g/mol. The lowest BCUT2D eigenvalue weighted by Gasteiger charge is -2.19. The molecule has 0 aliphatic heterocycles. The Kier molecular flexibility index (Phi) is 4.70. The quantitative estimate of drug-likeness (QED) is 0.885. The van der Waals surface area contributed by atoms with Gasteiger partial charge in [0, 0.05) is 5.56 Å². The second-order valence-electron chi connectivity index (χ2n) is 5.66. The molecule has 1 N–H and O–H groups in total. The number of benzene rings is 2. The first kappa shape index (κ1) is 16.3. The van der Waals surface area contributed by atoms with E-state index in [1.165, 1.54) is 0 Å². The summed E-state index contributed by atoms with van der Waals surface area (Å²) in [6.07, 6.45) is 0. The third-order valence-corrected chi connectivity index (χ3v) is 4.69. The second kappa shape index (κ2) is 6.35. The average Bonchev–Trinajstić information content (AvgIpc) is 2.46. The van der Waals surface area contributed by atoms with Gasteiger partial charge in [-0.25, -0.2) is 8.42 Å². The highest BCUT2D eigenvalue weighted by Crippen LogP contribution is 2.13. The van der Waals surface area contributed by atoms with Crippen LogP contribution in [0, 0.1) is 18.8 Å². The van der Waals surface area contributed by atoms with Crippen LogP contribution in [0.15, 0.2) is 59.5 Å². The van der Waals surface area contributed by atoms with Crippen molar-refractivity contribution < 1.29 is 8.42 Å². The fraction of sp³-hybridized carbons (Fsp3) is 0.222. The molecule has 3 nitrogen and oxygen atoms in total. The highest BCUT2D eigenvalue weighted by molar-refractivity contribution is 7.89. The molecule has 0 spiro atoms. The summed E-state index contributed by atoms with van der Waals surface area (Å²) in [4.78, 5) is 0.243. The average molecular weight is 313 g/mol. The summed E-state index contributed by atoms with van der Waals surface area (Å²) < 4.78 is 27.4. The maximum Gasteiger partial charge on any atom is 0.241 e. The smallest absolute Gasteiger partial charge is 0.207 e. The fourth-order valence-electron chi connectivity index (χ4n) is 1.89. The number of rotatable bonds is 3. The molecule has 2 aromatic carbocycles. The van der Waals surface area contributed by atoms with Crippen LogP contribution in [0.2, 0.25) is 0 Å². The van der Waals surface area contributed by atoms with Gasteiger partial charge in [-0.3, -0.25) is 0 Å². The molecule has 0 radical (unpaired) electrons. The molecule has 114 valence electrons. The molecule has 0 amide bonds. The Balaban J connectivity index is 2.21. The third-order valence-electron chi connectivity index (χ3n) is 3.01. The third kappa shape index (κ3) is 4.45. The minimum atomic E-state index is -3.59. The van der Waals surface area contributed by atoms with Crippen LogP contribution in [0.4, 0.5) is 0 Å². The van der Waals surface area contributed by atoms with Crippen molar-refractivity contribution in [2.24, 2.45) is 0 Å². The summed E-state index contributed by atoms with van der Waals surface area (Å²) in [5.74, 6) is 5.96. The Morgan fingerprint density at radius 1 is 0.955 bits per heavy atom. The molecule has 0 aliphatic carbocycles. The minimum absolute atomic E-state index is 0.243. The van der Waals surface area contributed by atoms with Crippen molar-refractivity contribution in [2.75, 3.05) is 0 Å². The highest BCUT2D eigenvalue weighted by Gasteiger charge is 2.24. The number of nitrogens with one attached hydrogen (secondary N) is 1. The molecule has 0 fully saturated rings. The van der Waals surface area contributed by atoms with Crippen molar-refractivity contribution in [1.29, 1.82) is 0 Å². The molecule has 0 bridgehead atoms. The predicted molar refractivity (Wildman–Crippen MR) is 88.9 cm³/mol. The van der Waals surface area contributed by atoms with Crippen molar-refractivity contribution in [2.45, 2.75) is 31.2 Å². The van der Waals surface area contributed by atoms with Gasteiger partial charge in [-0.2, -0.15) is 4.72 Å². The molecule has 0 aromatic heterocycles. The fourth-order valence-corrected chi connectivity index (χ4v) is 3.22. The van der Waals surface area contributed by atoms with E-state index in [0.29, 0.717) is 0 Å². The van der Waals surface area contributed by atoms with Gasteiger partial charge in [0.25, 0.3) is 0 Å². The largest absolute Gasteiger partial charge is 0.241 e. The van der Waals surface area contributed by atoms with E-state index in [1.54, 1.807) is 38.1 Å². The van der Waals surface area contributed by atoms with Crippen molar-refractivity contribution in [3.05, 3.63) is 65.7 Å². The number of hydrogen-bond donors (Lipinski definition) is 1. The van der Waals surface area contributed by atoms with Crippen molar-refractivity contribution in [1.82, 2.24) is 4.72 Å². The van der Waals surface area contributed by atoms with Gasteiger partial charge in [0.1, 0.15) is 0 Å². The van der Waals surface area contributed by atoms with Gasteiger partial charge >= 0.3 is 0 Å².